The molecule has 0 bridgehead atoms. The summed E-state index contributed by atoms with van der Waals surface area (Å²) in [4.78, 5) is 4.68. The fourth-order valence-electron chi connectivity index (χ4n) is 1.72. The van der Waals surface area contributed by atoms with Crippen molar-refractivity contribution >= 4 is 33.9 Å². The van der Waals surface area contributed by atoms with E-state index >= 15 is 0 Å². The summed E-state index contributed by atoms with van der Waals surface area (Å²) >= 11 is 2.26. The summed E-state index contributed by atoms with van der Waals surface area (Å²) < 4.78 is 2.05. The van der Waals surface area contributed by atoms with Crippen molar-refractivity contribution in [2.75, 3.05) is 0 Å². The number of hydrogen-bond acceptors (Lipinski definition) is 1. The van der Waals surface area contributed by atoms with Gasteiger partial charge in [-0.1, -0.05) is 13.8 Å². The van der Waals surface area contributed by atoms with Crippen molar-refractivity contribution < 1.29 is 0 Å². The van der Waals surface area contributed by atoms with Crippen molar-refractivity contribution in [1.82, 2.24) is 7.76 Å². The van der Waals surface area contributed by atoms with E-state index in [1.807, 2.05) is 2.78 Å². The van der Waals surface area contributed by atoms with E-state index in [1.165, 1.54) is 16.6 Å². The highest BCUT2D eigenvalue weighted by Crippen LogP contribution is 2.20. The van der Waals surface area contributed by atoms with Crippen molar-refractivity contribution in [3.63, 3.8) is 0 Å². The molecule has 3 heteroatoms. The molecule has 74 valence electrons. The number of aryl methyl sites for hydroxylation is 2. The van der Waals surface area contributed by atoms with Gasteiger partial charge in [-0.2, -0.15) is 0 Å². The van der Waals surface area contributed by atoms with Gasteiger partial charge in [-0.25, -0.2) is 4.98 Å². The summed E-state index contributed by atoms with van der Waals surface area (Å²) in [6.45, 7) is 4.34. The van der Waals surface area contributed by atoms with Crippen LogP contribution in [0.1, 0.15) is 25.1 Å². The molecule has 0 fully saturated rings. The fraction of sp³-hybridized carbons (Fsp3) is 0.364. The molecule has 0 aliphatic heterocycles. The zero-order valence-corrected chi connectivity index (χ0v) is 10.6. The van der Waals surface area contributed by atoms with Crippen LogP contribution in [0, 0.1) is 0 Å². The Labute approximate surface area is 97.8 Å². The van der Waals surface area contributed by atoms with Crippen LogP contribution in [-0.4, -0.2) is 7.76 Å². The molecule has 0 aliphatic rings. The third-order valence-electron chi connectivity index (χ3n) is 2.50. The van der Waals surface area contributed by atoms with Gasteiger partial charge in [0.05, 0.1) is 22.9 Å². The van der Waals surface area contributed by atoms with Crippen LogP contribution in [0.3, 0.4) is 0 Å². The van der Waals surface area contributed by atoms with E-state index in [4.69, 9.17) is 0 Å². The molecule has 2 heterocycles. The second-order valence-corrected chi connectivity index (χ2v) is 4.38. The van der Waals surface area contributed by atoms with Gasteiger partial charge >= 0.3 is 0 Å². The van der Waals surface area contributed by atoms with E-state index in [0.717, 1.165) is 18.5 Å². The van der Waals surface area contributed by atoms with E-state index in [9.17, 15) is 0 Å². The Bertz CT molecular complexity index is 460. The molecule has 2 nitrogen and oxygen atoms in total. The van der Waals surface area contributed by atoms with Crippen LogP contribution in [0.2, 0.25) is 0 Å². The molecule has 0 saturated carbocycles. The van der Waals surface area contributed by atoms with Crippen LogP contribution in [0.15, 0.2) is 18.3 Å². The maximum absolute atomic E-state index is 4.68. The number of nitrogens with zero attached hydrogens (tertiary/aromatic N) is 2. The Hall–Kier alpha value is -0.580. The molecule has 0 amide bonds. The van der Waals surface area contributed by atoms with Gasteiger partial charge in [0.25, 0.3) is 0 Å². The van der Waals surface area contributed by atoms with Gasteiger partial charge in [0.15, 0.2) is 0 Å². The van der Waals surface area contributed by atoms with Crippen LogP contribution in [0.25, 0.3) is 11.0 Å². The van der Waals surface area contributed by atoms with Gasteiger partial charge in [-0.3, -0.25) is 2.78 Å². The summed E-state index contributed by atoms with van der Waals surface area (Å²) in [5.74, 6) is 0. The second-order valence-electron chi connectivity index (χ2n) is 3.34. The zero-order valence-electron chi connectivity index (χ0n) is 8.42. The summed E-state index contributed by atoms with van der Waals surface area (Å²) in [5, 5.41) is 1.24. The first-order valence-corrected chi connectivity index (χ1v) is 5.88. The minimum atomic E-state index is 1.01. The fourth-order valence-corrected chi connectivity index (χ4v) is 2.27. The Morgan fingerprint density at radius 3 is 2.79 bits per heavy atom. The molecule has 0 atom stereocenters. The highest BCUT2D eigenvalue weighted by Gasteiger charge is 2.06. The van der Waals surface area contributed by atoms with Crippen molar-refractivity contribution in [1.29, 1.82) is 0 Å². The summed E-state index contributed by atoms with van der Waals surface area (Å²) in [6, 6.07) is 4.38. The predicted octanol–water partition coefficient (Wildman–Crippen LogP) is 3.36. The molecule has 2 aromatic rings. The monoisotopic (exact) mass is 300 g/mol. The SMILES string of the molecule is CCc1cc2ccn(I)c2nc1CC. The Balaban J connectivity index is 2.71. The minimum absolute atomic E-state index is 1.01. The van der Waals surface area contributed by atoms with Crippen molar-refractivity contribution in [3.05, 3.63) is 29.6 Å². The lowest BCUT2D eigenvalue weighted by Gasteiger charge is -2.05. The third-order valence-corrected chi connectivity index (χ3v) is 3.28. The van der Waals surface area contributed by atoms with Gasteiger partial charge in [0, 0.05) is 17.3 Å². The molecule has 2 aromatic heterocycles. The molecule has 0 N–H and O–H groups in total. The number of aromatic nitrogens is 2. The molecule has 0 aromatic carbocycles. The minimum Gasteiger partial charge on any atom is -0.274 e. The quantitative estimate of drug-likeness (QED) is 0.778. The molecule has 0 saturated heterocycles. The highest BCUT2D eigenvalue weighted by atomic mass is 127. The molecular weight excluding hydrogens is 287 g/mol. The van der Waals surface area contributed by atoms with E-state index in [-0.39, 0.29) is 0 Å². The number of fused-ring (bicyclic) bond motifs is 1. The first kappa shape index (κ1) is 9.96. The van der Waals surface area contributed by atoms with E-state index in [2.05, 4.69) is 60.0 Å². The van der Waals surface area contributed by atoms with Gasteiger partial charge in [-0.05, 0) is 30.5 Å². The van der Waals surface area contributed by atoms with Gasteiger partial charge < -0.3 is 0 Å². The Kier molecular flexibility index (Phi) is 2.76. The molecule has 0 aliphatic carbocycles. The van der Waals surface area contributed by atoms with Gasteiger partial charge in [-0.15, -0.1) is 0 Å². The van der Waals surface area contributed by atoms with E-state index in [0.29, 0.717) is 0 Å². The molecule has 14 heavy (non-hydrogen) atoms. The zero-order chi connectivity index (χ0) is 10.1. The normalized spacial score (nSPS) is 11.1. The average molecular weight is 300 g/mol. The predicted molar refractivity (Wildman–Crippen MR) is 67.9 cm³/mol. The lowest BCUT2D eigenvalue weighted by Crippen LogP contribution is -1.96. The summed E-state index contributed by atoms with van der Waals surface area (Å²) in [5.41, 5.74) is 3.69. The van der Waals surface area contributed by atoms with Gasteiger partial charge in [0.2, 0.25) is 0 Å². The maximum atomic E-state index is 4.68. The lowest BCUT2D eigenvalue weighted by molar-refractivity contribution is 0.976. The van der Waals surface area contributed by atoms with Crippen molar-refractivity contribution in [2.45, 2.75) is 26.7 Å². The highest BCUT2D eigenvalue weighted by molar-refractivity contribution is 14.1. The Morgan fingerprint density at radius 2 is 2.14 bits per heavy atom. The van der Waals surface area contributed by atoms with Crippen LogP contribution in [0.5, 0.6) is 0 Å². The number of rotatable bonds is 2. The van der Waals surface area contributed by atoms with Crippen LogP contribution >= 0.6 is 22.9 Å². The van der Waals surface area contributed by atoms with E-state index in [1.54, 1.807) is 0 Å². The molecule has 0 radical (unpaired) electrons. The van der Waals surface area contributed by atoms with Crippen LogP contribution < -0.4 is 0 Å². The first-order chi connectivity index (χ1) is 6.76. The third kappa shape index (κ3) is 1.54. The number of halogens is 1. The topological polar surface area (TPSA) is 17.8 Å². The lowest BCUT2D eigenvalue weighted by atomic mass is 10.1. The van der Waals surface area contributed by atoms with Gasteiger partial charge in [0.1, 0.15) is 5.65 Å². The van der Waals surface area contributed by atoms with Crippen molar-refractivity contribution in [2.24, 2.45) is 0 Å². The van der Waals surface area contributed by atoms with Crippen LogP contribution in [-0.2, 0) is 12.8 Å². The number of hydrogen-bond donors (Lipinski definition) is 0. The summed E-state index contributed by atoms with van der Waals surface area (Å²) in [7, 11) is 0. The Morgan fingerprint density at radius 1 is 1.36 bits per heavy atom. The summed E-state index contributed by atoms with van der Waals surface area (Å²) in [6.07, 6.45) is 4.14. The second kappa shape index (κ2) is 3.88. The molecule has 0 unspecified atom stereocenters. The first-order valence-electron chi connectivity index (χ1n) is 4.92. The molecular formula is C11H13IN2. The smallest absolute Gasteiger partial charge is 0.149 e. The van der Waals surface area contributed by atoms with Crippen molar-refractivity contribution in [3.8, 4) is 0 Å². The maximum Gasteiger partial charge on any atom is 0.149 e. The van der Waals surface area contributed by atoms with E-state index < -0.39 is 0 Å². The average Bonchev–Trinajstić information content (AvgIpc) is 2.58. The number of pyridine rings is 1. The molecule has 2 rings (SSSR count). The standard InChI is InChI=1S/C11H13IN2/c1-3-8-7-9-5-6-14(12)11(9)13-10(8)4-2/h5-7H,3-4H2,1-2H3. The van der Waals surface area contributed by atoms with Crippen LogP contribution in [0.4, 0.5) is 0 Å². The molecule has 0 spiro atoms. The largest absolute Gasteiger partial charge is 0.274 e.